The first-order valence-electron chi connectivity index (χ1n) is 10.5. The highest BCUT2D eigenvalue weighted by Gasteiger charge is 2.42. The Morgan fingerprint density at radius 3 is 2.67 bits per heavy atom. The van der Waals surface area contributed by atoms with Crippen molar-refractivity contribution < 1.29 is 9.53 Å². The molecule has 0 saturated carbocycles. The molecule has 3 aliphatic heterocycles. The average molecular weight is 392 g/mol. The fraction of sp³-hybridized carbons (Fsp3) is 0.762. The molecule has 150 valence electrons. The zero-order valence-electron chi connectivity index (χ0n) is 16.5. The van der Waals surface area contributed by atoms with Crippen LogP contribution in [0.15, 0.2) is 11.4 Å². The molecular weight excluding hydrogens is 358 g/mol. The standard InChI is InChI=1S/C21H33N3O2S/c1-17(25)22-13-19-4-5-21(26-19)6-10-24(11-7-21)15-20-12-18(16-27-20)14-23-8-2-3-9-23/h12,16,19H,2-11,13-15H2,1H3,(H,22,25)/t19-/m1/s1. The molecule has 3 fully saturated rings. The molecule has 0 aliphatic carbocycles. The van der Waals surface area contributed by atoms with Gasteiger partial charge in [-0.25, -0.2) is 0 Å². The predicted octanol–water partition coefficient (Wildman–Crippen LogP) is 2.99. The molecule has 0 unspecified atom stereocenters. The van der Waals surface area contributed by atoms with Crippen molar-refractivity contribution in [3.8, 4) is 0 Å². The lowest BCUT2D eigenvalue weighted by molar-refractivity contribution is -0.120. The Balaban J connectivity index is 1.22. The highest BCUT2D eigenvalue weighted by Crippen LogP contribution is 2.39. The third-order valence-corrected chi connectivity index (χ3v) is 7.35. The van der Waals surface area contributed by atoms with E-state index >= 15 is 0 Å². The summed E-state index contributed by atoms with van der Waals surface area (Å²) in [6.07, 6.45) is 7.38. The maximum absolute atomic E-state index is 11.1. The molecule has 4 rings (SSSR count). The second-order valence-electron chi connectivity index (χ2n) is 8.58. The molecule has 1 aromatic rings. The van der Waals surface area contributed by atoms with E-state index in [2.05, 4.69) is 26.6 Å². The molecule has 0 bridgehead atoms. The van der Waals surface area contributed by atoms with Crippen LogP contribution < -0.4 is 5.32 Å². The van der Waals surface area contributed by atoms with Crippen molar-refractivity contribution in [2.75, 3.05) is 32.7 Å². The van der Waals surface area contributed by atoms with E-state index in [-0.39, 0.29) is 17.6 Å². The SMILES string of the molecule is CC(=O)NC[C@H]1CCC2(CCN(Cc3cc(CN4CCCC4)cs3)CC2)O1. The van der Waals surface area contributed by atoms with Crippen molar-refractivity contribution in [1.82, 2.24) is 15.1 Å². The molecular formula is C21H33N3O2S. The van der Waals surface area contributed by atoms with E-state index in [1.807, 2.05) is 11.3 Å². The Morgan fingerprint density at radius 2 is 1.93 bits per heavy atom. The van der Waals surface area contributed by atoms with Gasteiger partial charge < -0.3 is 10.1 Å². The highest BCUT2D eigenvalue weighted by molar-refractivity contribution is 7.10. The summed E-state index contributed by atoms with van der Waals surface area (Å²) in [5.74, 6) is 0.0365. The third kappa shape index (κ3) is 5.11. The van der Waals surface area contributed by atoms with Crippen LogP contribution in [0.5, 0.6) is 0 Å². The number of amides is 1. The fourth-order valence-corrected chi connectivity index (χ4v) is 5.72. The van der Waals surface area contributed by atoms with E-state index in [0.717, 1.165) is 51.9 Å². The van der Waals surface area contributed by atoms with Crippen LogP contribution >= 0.6 is 11.3 Å². The smallest absolute Gasteiger partial charge is 0.216 e. The topological polar surface area (TPSA) is 44.8 Å². The van der Waals surface area contributed by atoms with Gasteiger partial charge in [0, 0.05) is 44.5 Å². The summed E-state index contributed by atoms with van der Waals surface area (Å²) in [7, 11) is 0. The van der Waals surface area contributed by atoms with Crippen LogP contribution in [0, 0.1) is 0 Å². The molecule has 3 saturated heterocycles. The quantitative estimate of drug-likeness (QED) is 0.810. The van der Waals surface area contributed by atoms with E-state index in [4.69, 9.17) is 4.74 Å². The van der Waals surface area contributed by atoms with Crippen LogP contribution in [-0.2, 0) is 22.6 Å². The van der Waals surface area contributed by atoms with Gasteiger partial charge in [0.1, 0.15) is 0 Å². The van der Waals surface area contributed by atoms with Gasteiger partial charge in [-0.1, -0.05) is 0 Å². The molecule has 1 amide bonds. The number of likely N-dealkylation sites (tertiary alicyclic amines) is 2. The lowest BCUT2D eigenvalue weighted by Gasteiger charge is -2.39. The third-order valence-electron chi connectivity index (χ3n) is 6.38. The second-order valence-corrected chi connectivity index (χ2v) is 9.58. The molecule has 1 atom stereocenters. The monoisotopic (exact) mass is 391 g/mol. The molecule has 0 aromatic carbocycles. The summed E-state index contributed by atoms with van der Waals surface area (Å²) < 4.78 is 6.37. The number of ether oxygens (including phenoxy) is 1. The summed E-state index contributed by atoms with van der Waals surface area (Å²) in [5, 5.41) is 5.26. The Bertz CT molecular complexity index is 633. The minimum absolute atomic E-state index is 0.0365. The van der Waals surface area contributed by atoms with Gasteiger partial charge in [0.05, 0.1) is 11.7 Å². The predicted molar refractivity (Wildman–Crippen MR) is 109 cm³/mol. The number of thiophene rings is 1. The van der Waals surface area contributed by atoms with E-state index in [1.54, 1.807) is 6.92 Å². The summed E-state index contributed by atoms with van der Waals surface area (Å²) in [6, 6.07) is 2.42. The Hall–Kier alpha value is -0.950. The van der Waals surface area contributed by atoms with E-state index < -0.39 is 0 Å². The maximum Gasteiger partial charge on any atom is 0.216 e. The van der Waals surface area contributed by atoms with Gasteiger partial charge in [0.15, 0.2) is 0 Å². The first kappa shape index (κ1) is 19.4. The zero-order chi connectivity index (χ0) is 18.7. The summed E-state index contributed by atoms with van der Waals surface area (Å²) in [6.45, 7) is 9.21. The zero-order valence-corrected chi connectivity index (χ0v) is 17.4. The van der Waals surface area contributed by atoms with Gasteiger partial charge in [0.2, 0.25) is 5.91 Å². The molecule has 27 heavy (non-hydrogen) atoms. The lowest BCUT2D eigenvalue weighted by atomic mass is 9.88. The fourth-order valence-electron chi connectivity index (χ4n) is 4.79. The second kappa shape index (κ2) is 8.60. The normalized spacial score (nSPS) is 26.0. The van der Waals surface area contributed by atoms with Crippen LogP contribution in [0.3, 0.4) is 0 Å². The molecule has 3 aliphatic rings. The van der Waals surface area contributed by atoms with Gasteiger partial charge in [0.25, 0.3) is 0 Å². The van der Waals surface area contributed by atoms with E-state index in [1.165, 1.54) is 36.4 Å². The van der Waals surface area contributed by atoms with Gasteiger partial charge in [-0.05, 0) is 68.6 Å². The molecule has 1 spiro atoms. The van der Waals surface area contributed by atoms with E-state index in [0.29, 0.717) is 6.54 Å². The van der Waals surface area contributed by atoms with Crippen molar-refractivity contribution in [2.24, 2.45) is 0 Å². The van der Waals surface area contributed by atoms with Crippen LogP contribution in [0.4, 0.5) is 0 Å². The lowest BCUT2D eigenvalue weighted by Crippen LogP contribution is -2.44. The Kier molecular flexibility index (Phi) is 6.17. The molecule has 1 aromatic heterocycles. The number of rotatable bonds is 6. The number of carbonyl (C=O) groups excluding carboxylic acids is 1. The summed E-state index contributed by atoms with van der Waals surface area (Å²) in [5.41, 5.74) is 1.56. The Morgan fingerprint density at radius 1 is 1.19 bits per heavy atom. The van der Waals surface area contributed by atoms with Gasteiger partial charge in [-0.3, -0.25) is 14.6 Å². The van der Waals surface area contributed by atoms with Gasteiger partial charge in [-0.2, -0.15) is 0 Å². The number of carbonyl (C=O) groups is 1. The van der Waals surface area contributed by atoms with Crippen LogP contribution in [-0.4, -0.2) is 60.1 Å². The van der Waals surface area contributed by atoms with Crippen molar-refractivity contribution in [1.29, 1.82) is 0 Å². The minimum atomic E-state index is 0.0365. The largest absolute Gasteiger partial charge is 0.370 e. The van der Waals surface area contributed by atoms with Crippen LogP contribution in [0.25, 0.3) is 0 Å². The maximum atomic E-state index is 11.1. The number of nitrogens with zero attached hydrogens (tertiary/aromatic N) is 2. The molecule has 4 heterocycles. The van der Waals surface area contributed by atoms with Crippen molar-refractivity contribution >= 4 is 17.2 Å². The number of nitrogens with one attached hydrogen (secondary N) is 1. The van der Waals surface area contributed by atoms with Crippen molar-refractivity contribution in [2.45, 2.75) is 70.2 Å². The first-order chi connectivity index (χ1) is 13.1. The van der Waals surface area contributed by atoms with E-state index in [9.17, 15) is 4.79 Å². The molecule has 5 nitrogen and oxygen atoms in total. The molecule has 0 radical (unpaired) electrons. The minimum Gasteiger partial charge on any atom is -0.370 e. The molecule has 6 heteroatoms. The summed E-state index contributed by atoms with van der Waals surface area (Å²) >= 11 is 1.92. The number of piperidine rings is 1. The van der Waals surface area contributed by atoms with Crippen LogP contribution in [0.1, 0.15) is 55.9 Å². The highest BCUT2D eigenvalue weighted by atomic mass is 32.1. The first-order valence-corrected chi connectivity index (χ1v) is 11.4. The summed E-state index contributed by atoms with van der Waals surface area (Å²) in [4.78, 5) is 17.8. The average Bonchev–Trinajstić information content (AvgIpc) is 3.39. The molecule has 1 N–H and O–H groups in total. The number of hydrogen-bond acceptors (Lipinski definition) is 5. The van der Waals surface area contributed by atoms with Crippen molar-refractivity contribution in [3.63, 3.8) is 0 Å². The van der Waals surface area contributed by atoms with Gasteiger partial charge >= 0.3 is 0 Å². The Labute approximate surface area is 167 Å². The van der Waals surface area contributed by atoms with Crippen molar-refractivity contribution in [3.05, 3.63) is 21.9 Å². The van der Waals surface area contributed by atoms with Crippen LogP contribution in [0.2, 0.25) is 0 Å². The number of hydrogen-bond donors (Lipinski definition) is 1. The van der Waals surface area contributed by atoms with Gasteiger partial charge in [-0.15, -0.1) is 11.3 Å².